The van der Waals surface area contributed by atoms with Crippen molar-refractivity contribution in [3.8, 4) is 11.1 Å². The summed E-state index contributed by atoms with van der Waals surface area (Å²) in [5, 5.41) is 3.46. The zero-order chi connectivity index (χ0) is 21.0. The second-order valence-corrected chi connectivity index (χ2v) is 7.56. The lowest BCUT2D eigenvalue weighted by molar-refractivity contribution is 0.756. The number of nitrogens with zero attached hydrogens (tertiary/aromatic N) is 3. The molecule has 0 bridgehead atoms. The smallest absolute Gasteiger partial charge is 0.169 e. The number of aryl methyl sites for hydroxylation is 1. The van der Waals surface area contributed by atoms with Crippen LogP contribution in [0.25, 0.3) is 11.1 Å². The summed E-state index contributed by atoms with van der Waals surface area (Å²) in [6.45, 7) is 2.06. The van der Waals surface area contributed by atoms with Gasteiger partial charge in [0.2, 0.25) is 0 Å². The SMILES string of the molecule is Cc1cncc(-c2cccc(C3=NC(c4ccccc4)N=C(c4ccccc4)N3)c2)c1. The highest BCUT2D eigenvalue weighted by Crippen LogP contribution is 2.26. The van der Waals surface area contributed by atoms with Crippen LogP contribution in [0.15, 0.2) is 113 Å². The summed E-state index contributed by atoms with van der Waals surface area (Å²) in [6.07, 6.45) is 3.47. The highest BCUT2D eigenvalue weighted by atomic mass is 15.2. The van der Waals surface area contributed by atoms with Gasteiger partial charge >= 0.3 is 0 Å². The zero-order valence-electron chi connectivity index (χ0n) is 17.2. The van der Waals surface area contributed by atoms with Gasteiger partial charge in [-0.25, -0.2) is 9.98 Å². The van der Waals surface area contributed by atoms with Crippen molar-refractivity contribution in [2.75, 3.05) is 0 Å². The van der Waals surface area contributed by atoms with E-state index in [2.05, 4.69) is 71.8 Å². The molecule has 4 aromatic rings. The van der Waals surface area contributed by atoms with E-state index in [1.54, 1.807) is 0 Å². The van der Waals surface area contributed by atoms with Gasteiger partial charge < -0.3 is 5.32 Å². The van der Waals surface area contributed by atoms with Gasteiger partial charge in [-0.1, -0.05) is 78.9 Å². The molecule has 4 nitrogen and oxygen atoms in total. The number of amidine groups is 2. The summed E-state index contributed by atoms with van der Waals surface area (Å²) in [7, 11) is 0. The standard InChI is InChI=1S/C27H22N4/c1-19-15-24(18-28-17-19)22-13-8-14-23(16-22)27-30-25(20-9-4-2-5-10-20)29-26(31-27)21-11-6-3-7-12-21/h2-18,25H,1H3,(H,29,30,31). The summed E-state index contributed by atoms with van der Waals surface area (Å²) in [5.41, 5.74) is 6.46. The Bertz CT molecular complexity index is 1260. The van der Waals surface area contributed by atoms with Crippen LogP contribution in [0.2, 0.25) is 0 Å². The third-order valence-electron chi connectivity index (χ3n) is 5.23. The molecule has 0 saturated carbocycles. The molecule has 2 heterocycles. The van der Waals surface area contributed by atoms with Crippen LogP contribution in [-0.4, -0.2) is 16.7 Å². The molecule has 1 atom stereocenters. The Balaban J connectivity index is 1.57. The largest absolute Gasteiger partial charge is 0.324 e. The maximum Gasteiger partial charge on any atom is 0.169 e. The van der Waals surface area contributed by atoms with Gasteiger partial charge in [0.05, 0.1) is 0 Å². The van der Waals surface area contributed by atoms with Crippen LogP contribution in [0.4, 0.5) is 0 Å². The van der Waals surface area contributed by atoms with E-state index in [0.29, 0.717) is 0 Å². The lowest BCUT2D eigenvalue weighted by Crippen LogP contribution is -2.36. The van der Waals surface area contributed by atoms with Crippen LogP contribution in [-0.2, 0) is 0 Å². The number of pyridine rings is 1. The molecular formula is C27H22N4. The van der Waals surface area contributed by atoms with Gasteiger partial charge in [-0.2, -0.15) is 0 Å². The number of hydrogen-bond donors (Lipinski definition) is 1. The minimum atomic E-state index is -0.294. The number of nitrogens with one attached hydrogen (secondary N) is 1. The van der Waals surface area contributed by atoms with E-state index in [1.807, 2.05) is 48.8 Å². The molecule has 0 amide bonds. The Hall–Kier alpha value is -4.05. The minimum absolute atomic E-state index is 0.294. The molecular weight excluding hydrogens is 380 g/mol. The van der Waals surface area contributed by atoms with Gasteiger partial charge in [0.1, 0.15) is 11.7 Å². The maximum absolute atomic E-state index is 4.95. The summed E-state index contributed by atoms with van der Waals surface area (Å²) >= 11 is 0. The first kappa shape index (κ1) is 18.9. The van der Waals surface area contributed by atoms with Crippen molar-refractivity contribution in [1.82, 2.24) is 10.3 Å². The summed E-state index contributed by atoms with van der Waals surface area (Å²) in [6, 6.07) is 30.9. The quantitative estimate of drug-likeness (QED) is 0.486. The molecule has 4 heteroatoms. The third-order valence-corrected chi connectivity index (χ3v) is 5.23. The van der Waals surface area contributed by atoms with E-state index in [-0.39, 0.29) is 6.17 Å². The van der Waals surface area contributed by atoms with Crippen LogP contribution < -0.4 is 5.32 Å². The summed E-state index contributed by atoms with van der Waals surface area (Å²) in [4.78, 5) is 14.2. The Labute approximate surface area is 182 Å². The number of aromatic nitrogens is 1. The average molecular weight is 403 g/mol. The molecule has 0 saturated heterocycles. The molecule has 0 radical (unpaired) electrons. The first-order chi connectivity index (χ1) is 15.3. The van der Waals surface area contributed by atoms with E-state index in [9.17, 15) is 0 Å². The molecule has 0 fully saturated rings. The van der Waals surface area contributed by atoms with Crippen molar-refractivity contribution in [2.24, 2.45) is 9.98 Å². The molecule has 1 aromatic heterocycles. The highest BCUT2D eigenvalue weighted by Gasteiger charge is 2.20. The molecule has 1 aliphatic heterocycles. The number of hydrogen-bond acceptors (Lipinski definition) is 4. The molecule has 5 rings (SSSR count). The molecule has 1 unspecified atom stereocenters. The second-order valence-electron chi connectivity index (χ2n) is 7.56. The number of benzene rings is 3. The van der Waals surface area contributed by atoms with Gasteiger partial charge in [0.25, 0.3) is 0 Å². The normalized spacial score (nSPS) is 15.6. The van der Waals surface area contributed by atoms with E-state index < -0.39 is 0 Å². The maximum atomic E-state index is 4.95. The fourth-order valence-electron chi connectivity index (χ4n) is 3.67. The number of aliphatic imine (C=N–C) groups is 2. The van der Waals surface area contributed by atoms with Crippen LogP contribution in [0.5, 0.6) is 0 Å². The molecule has 0 spiro atoms. The van der Waals surface area contributed by atoms with E-state index >= 15 is 0 Å². The minimum Gasteiger partial charge on any atom is -0.324 e. The fourth-order valence-corrected chi connectivity index (χ4v) is 3.67. The predicted molar refractivity (Wildman–Crippen MR) is 126 cm³/mol. The molecule has 1 N–H and O–H groups in total. The Morgan fingerprint density at radius 3 is 2.00 bits per heavy atom. The van der Waals surface area contributed by atoms with Gasteiger partial charge in [0, 0.05) is 29.1 Å². The van der Waals surface area contributed by atoms with Gasteiger partial charge in [0.15, 0.2) is 6.17 Å². The van der Waals surface area contributed by atoms with Crippen molar-refractivity contribution < 1.29 is 0 Å². The Kier molecular flexibility index (Phi) is 5.11. The van der Waals surface area contributed by atoms with E-state index in [1.165, 1.54) is 0 Å². The van der Waals surface area contributed by atoms with E-state index in [0.717, 1.165) is 45.1 Å². The predicted octanol–water partition coefficient (Wildman–Crippen LogP) is 5.55. The van der Waals surface area contributed by atoms with E-state index in [4.69, 9.17) is 9.98 Å². The van der Waals surface area contributed by atoms with Crippen LogP contribution >= 0.6 is 0 Å². The topological polar surface area (TPSA) is 49.6 Å². The third kappa shape index (κ3) is 4.14. The molecule has 31 heavy (non-hydrogen) atoms. The molecule has 3 aromatic carbocycles. The molecule has 0 aliphatic carbocycles. The summed E-state index contributed by atoms with van der Waals surface area (Å²) < 4.78 is 0. The second kappa shape index (κ2) is 8.36. The Morgan fingerprint density at radius 1 is 0.613 bits per heavy atom. The summed E-state index contributed by atoms with van der Waals surface area (Å²) in [5.74, 6) is 1.63. The molecule has 150 valence electrons. The van der Waals surface area contributed by atoms with Gasteiger partial charge in [-0.3, -0.25) is 4.98 Å². The van der Waals surface area contributed by atoms with Crippen LogP contribution in [0, 0.1) is 6.92 Å². The monoisotopic (exact) mass is 402 g/mol. The fraction of sp³-hybridized carbons (Fsp3) is 0.0741. The van der Waals surface area contributed by atoms with Crippen LogP contribution in [0.1, 0.15) is 28.4 Å². The number of rotatable bonds is 4. The van der Waals surface area contributed by atoms with Gasteiger partial charge in [-0.05, 0) is 35.7 Å². The Morgan fingerprint density at radius 2 is 1.26 bits per heavy atom. The lowest BCUT2D eigenvalue weighted by Gasteiger charge is -2.22. The van der Waals surface area contributed by atoms with Crippen molar-refractivity contribution in [1.29, 1.82) is 0 Å². The van der Waals surface area contributed by atoms with Crippen LogP contribution in [0.3, 0.4) is 0 Å². The van der Waals surface area contributed by atoms with Gasteiger partial charge in [-0.15, -0.1) is 0 Å². The lowest BCUT2D eigenvalue weighted by atomic mass is 10.0. The van der Waals surface area contributed by atoms with Crippen molar-refractivity contribution >= 4 is 11.7 Å². The van der Waals surface area contributed by atoms with Crippen molar-refractivity contribution in [3.05, 3.63) is 126 Å². The van der Waals surface area contributed by atoms with Crippen molar-refractivity contribution in [3.63, 3.8) is 0 Å². The zero-order valence-corrected chi connectivity index (χ0v) is 17.2. The first-order valence-corrected chi connectivity index (χ1v) is 10.3. The van der Waals surface area contributed by atoms with Crippen molar-refractivity contribution in [2.45, 2.75) is 13.1 Å². The molecule has 1 aliphatic rings. The average Bonchev–Trinajstić information content (AvgIpc) is 2.85. The first-order valence-electron chi connectivity index (χ1n) is 10.3. The highest BCUT2D eigenvalue weighted by molar-refractivity contribution is 6.16.